The second-order valence-electron chi connectivity index (χ2n) is 3.94. The lowest BCUT2D eigenvalue weighted by Crippen LogP contribution is -2.06. The molecule has 0 aliphatic rings. The van der Waals surface area contributed by atoms with Gasteiger partial charge in [-0.15, -0.1) is 0 Å². The molecule has 94 valence electrons. The SMILES string of the molecule is COc1ccc(NC(C)=O)cc1-c1ccnn1C. The van der Waals surface area contributed by atoms with Crippen molar-refractivity contribution in [3.63, 3.8) is 0 Å². The number of anilines is 1. The number of hydrogen-bond acceptors (Lipinski definition) is 3. The molecule has 0 radical (unpaired) electrons. The molecule has 0 unspecified atom stereocenters. The van der Waals surface area contributed by atoms with E-state index >= 15 is 0 Å². The smallest absolute Gasteiger partial charge is 0.221 e. The van der Waals surface area contributed by atoms with E-state index in [-0.39, 0.29) is 5.91 Å². The van der Waals surface area contributed by atoms with E-state index in [0.717, 1.165) is 22.7 Å². The maximum absolute atomic E-state index is 11.1. The number of carbonyl (C=O) groups excluding carboxylic acids is 1. The summed E-state index contributed by atoms with van der Waals surface area (Å²) in [4.78, 5) is 11.1. The summed E-state index contributed by atoms with van der Waals surface area (Å²) in [6.45, 7) is 1.48. The number of nitrogens with zero attached hydrogens (tertiary/aromatic N) is 2. The van der Waals surface area contributed by atoms with Gasteiger partial charge in [-0.3, -0.25) is 9.48 Å². The summed E-state index contributed by atoms with van der Waals surface area (Å²) in [6.07, 6.45) is 1.72. The normalized spacial score (nSPS) is 10.2. The van der Waals surface area contributed by atoms with Crippen molar-refractivity contribution < 1.29 is 9.53 Å². The van der Waals surface area contributed by atoms with Crippen LogP contribution in [0.2, 0.25) is 0 Å². The number of aromatic nitrogens is 2. The van der Waals surface area contributed by atoms with Crippen molar-refractivity contribution >= 4 is 11.6 Å². The minimum atomic E-state index is -0.101. The summed E-state index contributed by atoms with van der Waals surface area (Å²) >= 11 is 0. The topological polar surface area (TPSA) is 56.1 Å². The van der Waals surface area contributed by atoms with Crippen LogP contribution in [-0.2, 0) is 11.8 Å². The lowest BCUT2D eigenvalue weighted by molar-refractivity contribution is -0.114. The first-order chi connectivity index (χ1) is 8.61. The Kier molecular flexibility index (Phi) is 3.32. The molecule has 1 N–H and O–H groups in total. The van der Waals surface area contributed by atoms with Gasteiger partial charge in [0.2, 0.25) is 5.91 Å². The molecule has 5 heteroatoms. The molecule has 0 saturated heterocycles. The minimum Gasteiger partial charge on any atom is -0.496 e. The Labute approximate surface area is 105 Å². The first-order valence-corrected chi connectivity index (χ1v) is 5.56. The number of nitrogens with one attached hydrogen (secondary N) is 1. The van der Waals surface area contributed by atoms with Crippen molar-refractivity contribution in [2.45, 2.75) is 6.92 Å². The predicted molar refractivity (Wildman–Crippen MR) is 69.5 cm³/mol. The van der Waals surface area contributed by atoms with Gasteiger partial charge in [0.15, 0.2) is 0 Å². The maximum Gasteiger partial charge on any atom is 0.221 e. The van der Waals surface area contributed by atoms with Crippen molar-refractivity contribution in [1.29, 1.82) is 0 Å². The Morgan fingerprint density at radius 2 is 2.17 bits per heavy atom. The van der Waals surface area contributed by atoms with Crippen molar-refractivity contribution in [3.05, 3.63) is 30.5 Å². The third-order valence-electron chi connectivity index (χ3n) is 2.62. The largest absolute Gasteiger partial charge is 0.496 e. The zero-order valence-corrected chi connectivity index (χ0v) is 10.6. The zero-order valence-electron chi connectivity index (χ0n) is 10.6. The average Bonchev–Trinajstić information content (AvgIpc) is 2.74. The van der Waals surface area contributed by atoms with Gasteiger partial charge in [0.05, 0.1) is 12.8 Å². The first kappa shape index (κ1) is 12.2. The highest BCUT2D eigenvalue weighted by atomic mass is 16.5. The molecule has 0 atom stereocenters. The van der Waals surface area contributed by atoms with E-state index in [2.05, 4.69) is 10.4 Å². The molecular formula is C13H15N3O2. The molecule has 1 heterocycles. The fraction of sp³-hybridized carbons (Fsp3) is 0.231. The van der Waals surface area contributed by atoms with E-state index < -0.39 is 0 Å². The Morgan fingerprint density at radius 3 is 2.72 bits per heavy atom. The van der Waals surface area contributed by atoms with E-state index in [4.69, 9.17) is 4.74 Å². The first-order valence-electron chi connectivity index (χ1n) is 5.56. The lowest BCUT2D eigenvalue weighted by atomic mass is 10.1. The number of ether oxygens (including phenoxy) is 1. The number of carbonyl (C=O) groups is 1. The average molecular weight is 245 g/mol. The Morgan fingerprint density at radius 1 is 1.39 bits per heavy atom. The second-order valence-corrected chi connectivity index (χ2v) is 3.94. The quantitative estimate of drug-likeness (QED) is 0.900. The molecule has 1 amide bonds. The van der Waals surface area contributed by atoms with E-state index in [1.165, 1.54) is 6.92 Å². The number of amides is 1. The second kappa shape index (κ2) is 4.91. The van der Waals surface area contributed by atoms with Crippen molar-refractivity contribution in [1.82, 2.24) is 9.78 Å². The number of methoxy groups -OCH3 is 1. The molecule has 0 aliphatic heterocycles. The van der Waals surface area contributed by atoms with Crippen LogP contribution in [0, 0.1) is 0 Å². The van der Waals surface area contributed by atoms with Crippen molar-refractivity contribution in [2.24, 2.45) is 7.05 Å². The summed E-state index contributed by atoms with van der Waals surface area (Å²) in [5, 5.41) is 6.89. The minimum absolute atomic E-state index is 0.101. The van der Waals surface area contributed by atoms with E-state index in [0.29, 0.717) is 0 Å². The lowest BCUT2D eigenvalue weighted by Gasteiger charge is -2.11. The van der Waals surface area contributed by atoms with Crippen LogP contribution in [0.4, 0.5) is 5.69 Å². The molecule has 0 spiro atoms. The summed E-state index contributed by atoms with van der Waals surface area (Å²) in [5.74, 6) is 0.642. The molecule has 1 aromatic carbocycles. The summed E-state index contributed by atoms with van der Waals surface area (Å²) in [5.41, 5.74) is 2.56. The van der Waals surface area contributed by atoms with Gasteiger partial charge in [-0.1, -0.05) is 0 Å². The van der Waals surface area contributed by atoms with Gasteiger partial charge in [0.1, 0.15) is 5.75 Å². The van der Waals surface area contributed by atoms with Crippen LogP contribution in [0.3, 0.4) is 0 Å². The standard InChI is InChI=1S/C13H15N3O2/c1-9(17)15-10-4-5-13(18-3)11(8-10)12-6-7-14-16(12)2/h4-8H,1-3H3,(H,15,17). The molecule has 2 aromatic rings. The Hall–Kier alpha value is -2.30. The molecule has 0 bridgehead atoms. The number of benzene rings is 1. The monoisotopic (exact) mass is 245 g/mol. The third-order valence-corrected chi connectivity index (χ3v) is 2.62. The summed E-state index contributed by atoms with van der Waals surface area (Å²) < 4.78 is 7.09. The number of rotatable bonds is 3. The van der Waals surface area contributed by atoms with E-state index in [1.54, 1.807) is 24.1 Å². The van der Waals surface area contributed by atoms with Gasteiger partial charge < -0.3 is 10.1 Å². The van der Waals surface area contributed by atoms with Crippen LogP contribution in [0.1, 0.15) is 6.92 Å². The molecule has 0 fully saturated rings. The highest BCUT2D eigenvalue weighted by Gasteiger charge is 2.10. The maximum atomic E-state index is 11.1. The summed E-state index contributed by atoms with van der Waals surface area (Å²) in [7, 11) is 3.48. The van der Waals surface area contributed by atoms with Gasteiger partial charge in [-0.25, -0.2) is 0 Å². The van der Waals surface area contributed by atoms with Gasteiger partial charge in [-0.05, 0) is 24.3 Å². The highest BCUT2D eigenvalue weighted by Crippen LogP contribution is 2.32. The number of aryl methyl sites for hydroxylation is 1. The van der Waals surface area contributed by atoms with Crippen LogP contribution >= 0.6 is 0 Å². The van der Waals surface area contributed by atoms with Crippen molar-refractivity contribution in [3.8, 4) is 17.0 Å². The number of hydrogen-bond donors (Lipinski definition) is 1. The zero-order chi connectivity index (χ0) is 13.1. The Bertz CT molecular complexity index is 575. The fourth-order valence-electron chi connectivity index (χ4n) is 1.83. The van der Waals surface area contributed by atoms with Crippen LogP contribution in [0.15, 0.2) is 30.5 Å². The van der Waals surface area contributed by atoms with Gasteiger partial charge in [0, 0.05) is 31.4 Å². The molecule has 2 rings (SSSR count). The Balaban J connectivity index is 2.49. The van der Waals surface area contributed by atoms with Crippen LogP contribution in [-0.4, -0.2) is 22.8 Å². The molecule has 0 saturated carbocycles. The summed E-state index contributed by atoms with van der Waals surface area (Å²) in [6, 6.07) is 7.40. The highest BCUT2D eigenvalue weighted by molar-refractivity contribution is 5.90. The van der Waals surface area contributed by atoms with Gasteiger partial charge in [0.25, 0.3) is 0 Å². The van der Waals surface area contributed by atoms with Crippen molar-refractivity contribution in [2.75, 3.05) is 12.4 Å². The van der Waals surface area contributed by atoms with Gasteiger partial charge in [-0.2, -0.15) is 5.10 Å². The van der Waals surface area contributed by atoms with E-state index in [9.17, 15) is 4.79 Å². The van der Waals surface area contributed by atoms with Crippen LogP contribution < -0.4 is 10.1 Å². The molecule has 1 aromatic heterocycles. The fourth-order valence-corrected chi connectivity index (χ4v) is 1.83. The van der Waals surface area contributed by atoms with Gasteiger partial charge >= 0.3 is 0 Å². The molecule has 18 heavy (non-hydrogen) atoms. The molecule has 0 aliphatic carbocycles. The van der Waals surface area contributed by atoms with Crippen LogP contribution in [0.25, 0.3) is 11.3 Å². The molecule has 5 nitrogen and oxygen atoms in total. The van der Waals surface area contributed by atoms with Crippen LogP contribution in [0.5, 0.6) is 5.75 Å². The third kappa shape index (κ3) is 2.34. The predicted octanol–water partition coefficient (Wildman–Crippen LogP) is 2.05. The van der Waals surface area contributed by atoms with E-state index in [1.807, 2.05) is 25.2 Å². The molecular weight excluding hydrogens is 230 g/mol.